The van der Waals surface area contributed by atoms with E-state index < -0.39 is 15.1 Å². The largest absolute Gasteiger partial charge is 0.353 e. The summed E-state index contributed by atoms with van der Waals surface area (Å²) in [5.41, 5.74) is 0. The summed E-state index contributed by atoms with van der Waals surface area (Å²) >= 11 is 0. The van der Waals surface area contributed by atoms with Crippen molar-refractivity contribution in [1.29, 1.82) is 0 Å². The number of primary sulfonamides is 1. The summed E-state index contributed by atoms with van der Waals surface area (Å²) in [7, 11) is -4.24. The normalized spacial score (nSPS) is 13.8. The fraction of sp³-hybridized carbons (Fsp3) is 1.00. The first-order valence-corrected chi connectivity index (χ1v) is 3.83. The Hall–Kier alpha value is -0.170. The molecule has 0 atom stereocenters. The summed E-state index contributed by atoms with van der Waals surface area (Å²) < 4.78 is 20.3. The molecule has 0 saturated heterocycles. The molecular weight excluding hydrogens is 146 g/mol. The van der Waals surface area contributed by atoms with Crippen LogP contribution in [0.3, 0.4) is 0 Å². The van der Waals surface area contributed by atoms with E-state index in [0.717, 1.165) is 0 Å². The van der Waals surface area contributed by atoms with Crippen molar-refractivity contribution in [2.24, 2.45) is 5.14 Å². The SMILES string of the molecule is CCC(O)(O)S(N)(=O)=O. The molecule has 0 aromatic heterocycles. The third kappa shape index (κ3) is 1.90. The summed E-state index contributed by atoms with van der Waals surface area (Å²) in [5, 5.41) is 18.6. The summed E-state index contributed by atoms with van der Waals surface area (Å²) in [4.78, 5) is 0. The van der Waals surface area contributed by atoms with Crippen LogP contribution in [0.1, 0.15) is 13.3 Å². The van der Waals surface area contributed by atoms with Gasteiger partial charge in [-0.1, -0.05) is 6.92 Å². The molecule has 6 heteroatoms. The standard InChI is InChI=1S/C3H9NO4S/c1-2-3(5,6)9(4,7)8/h5-6H,2H2,1H3,(H2,4,7,8). The van der Waals surface area contributed by atoms with Crippen molar-refractivity contribution >= 4 is 10.0 Å². The molecule has 0 aliphatic rings. The first-order valence-electron chi connectivity index (χ1n) is 2.28. The second-order valence-electron chi connectivity index (χ2n) is 1.64. The summed E-state index contributed by atoms with van der Waals surface area (Å²) in [6.45, 7) is 1.30. The van der Waals surface area contributed by atoms with Gasteiger partial charge in [-0.15, -0.1) is 0 Å². The predicted octanol–water partition coefficient (Wildman–Crippen LogP) is -1.68. The van der Waals surface area contributed by atoms with Crippen molar-refractivity contribution in [3.63, 3.8) is 0 Å². The minimum absolute atomic E-state index is 0.341. The van der Waals surface area contributed by atoms with E-state index in [9.17, 15) is 8.42 Å². The minimum atomic E-state index is -4.24. The number of hydrogen-bond donors (Lipinski definition) is 3. The predicted molar refractivity (Wildman–Crippen MR) is 30.6 cm³/mol. The lowest BCUT2D eigenvalue weighted by Crippen LogP contribution is -2.42. The van der Waals surface area contributed by atoms with E-state index in [-0.39, 0.29) is 6.42 Å². The Morgan fingerprint density at radius 3 is 1.89 bits per heavy atom. The molecule has 0 saturated carbocycles. The van der Waals surface area contributed by atoms with Crippen LogP contribution in [-0.2, 0) is 10.0 Å². The Balaban J connectivity index is 4.56. The van der Waals surface area contributed by atoms with Gasteiger partial charge in [0.15, 0.2) is 0 Å². The van der Waals surface area contributed by atoms with E-state index in [1.54, 1.807) is 0 Å². The van der Waals surface area contributed by atoms with Gasteiger partial charge in [-0.3, -0.25) is 0 Å². The van der Waals surface area contributed by atoms with Crippen molar-refractivity contribution < 1.29 is 18.6 Å². The smallest absolute Gasteiger partial charge is 0.283 e. The van der Waals surface area contributed by atoms with Gasteiger partial charge in [0.05, 0.1) is 0 Å². The third-order valence-electron chi connectivity index (χ3n) is 0.916. The second-order valence-corrected chi connectivity index (χ2v) is 3.39. The molecule has 0 aliphatic carbocycles. The Kier molecular flexibility index (Phi) is 2.18. The number of sulfonamides is 1. The number of hydrogen-bond acceptors (Lipinski definition) is 4. The number of rotatable bonds is 2. The highest BCUT2D eigenvalue weighted by molar-refractivity contribution is 7.90. The van der Waals surface area contributed by atoms with Crippen LogP contribution in [0.5, 0.6) is 0 Å². The van der Waals surface area contributed by atoms with Gasteiger partial charge in [-0.2, -0.15) is 0 Å². The van der Waals surface area contributed by atoms with Gasteiger partial charge in [-0.25, -0.2) is 13.6 Å². The van der Waals surface area contributed by atoms with Crippen LogP contribution in [0, 0.1) is 0 Å². The molecular formula is C3H9NO4S. The lowest BCUT2D eigenvalue weighted by atomic mass is 10.5. The summed E-state index contributed by atoms with van der Waals surface area (Å²) in [6.07, 6.45) is -0.341. The molecule has 0 aromatic carbocycles. The zero-order chi connectivity index (χ0) is 7.71. The molecule has 0 amide bonds. The number of nitrogens with two attached hydrogens (primary N) is 1. The summed E-state index contributed by atoms with van der Waals surface area (Å²) in [5.74, 6) is 0. The number of aliphatic hydroxyl groups is 2. The van der Waals surface area contributed by atoms with E-state index >= 15 is 0 Å². The van der Waals surface area contributed by atoms with Gasteiger partial charge in [0.1, 0.15) is 0 Å². The zero-order valence-corrected chi connectivity index (χ0v) is 5.72. The molecule has 0 radical (unpaired) electrons. The molecule has 0 unspecified atom stereocenters. The fourth-order valence-electron chi connectivity index (χ4n) is 0.201. The van der Waals surface area contributed by atoms with Gasteiger partial charge < -0.3 is 10.2 Å². The lowest BCUT2D eigenvalue weighted by molar-refractivity contribution is -0.0865. The van der Waals surface area contributed by atoms with Gasteiger partial charge in [0.2, 0.25) is 0 Å². The highest BCUT2D eigenvalue weighted by atomic mass is 32.2. The molecule has 4 N–H and O–H groups in total. The molecule has 5 nitrogen and oxygen atoms in total. The average molecular weight is 155 g/mol. The van der Waals surface area contributed by atoms with E-state index in [1.807, 2.05) is 0 Å². The highest BCUT2D eigenvalue weighted by Gasteiger charge is 2.34. The second kappa shape index (κ2) is 2.22. The van der Waals surface area contributed by atoms with Crippen molar-refractivity contribution in [3.05, 3.63) is 0 Å². The van der Waals surface area contributed by atoms with E-state index in [0.29, 0.717) is 0 Å². The molecule has 0 heterocycles. The molecule has 0 fully saturated rings. The fourth-order valence-corrected chi connectivity index (χ4v) is 0.604. The topological polar surface area (TPSA) is 101 Å². The maximum absolute atomic E-state index is 10.2. The van der Waals surface area contributed by atoms with Crippen molar-refractivity contribution in [1.82, 2.24) is 0 Å². The average Bonchev–Trinajstić information content (AvgIpc) is 1.64. The van der Waals surface area contributed by atoms with E-state index in [2.05, 4.69) is 5.14 Å². The van der Waals surface area contributed by atoms with Crippen LogP contribution in [0.4, 0.5) is 0 Å². The van der Waals surface area contributed by atoms with E-state index in [4.69, 9.17) is 10.2 Å². The Labute approximate surface area is 53.2 Å². The van der Waals surface area contributed by atoms with Crippen LogP contribution in [-0.4, -0.2) is 23.7 Å². The highest BCUT2D eigenvalue weighted by Crippen LogP contribution is 2.09. The van der Waals surface area contributed by atoms with Crippen LogP contribution in [0.15, 0.2) is 0 Å². The van der Waals surface area contributed by atoms with Crippen molar-refractivity contribution in [2.45, 2.75) is 18.5 Å². The Morgan fingerprint density at radius 2 is 1.89 bits per heavy atom. The van der Waals surface area contributed by atoms with Gasteiger partial charge >= 0.3 is 0 Å². The van der Waals surface area contributed by atoms with Gasteiger partial charge in [0, 0.05) is 6.42 Å². The first-order chi connectivity index (χ1) is 3.81. The third-order valence-corrected chi connectivity index (χ3v) is 2.12. The molecule has 0 spiro atoms. The molecule has 0 bridgehead atoms. The quantitative estimate of drug-likeness (QED) is 0.415. The van der Waals surface area contributed by atoms with Gasteiger partial charge in [-0.05, 0) is 0 Å². The maximum Gasteiger partial charge on any atom is 0.283 e. The summed E-state index contributed by atoms with van der Waals surface area (Å²) in [6, 6.07) is 0. The van der Waals surface area contributed by atoms with Crippen LogP contribution < -0.4 is 5.14 Å². The molecule has 56 valence electrons. The molecule has 0 rings (SSSR count). The minimum Gasteiger partial charge on any atom is -0.353 e. The lowest BCUT2D eigenvalue weighted by Gasteiger charge is -2.15. The zero-order valence-electron chi connectivity index (χ0n) is 4.90. The molecule has 0 aromatic rings. The van der Waals surface area contributed by atoms with Crippen LogP contribution in [0.25, 0.3) is 0 Å². The van der Waals surface area contributed by atoms with Crippen molar-refractivity contribution in [2.75, 3.05) is 0 Å². The Bertz CT molecular complexity index is 182. The van der Waals surface area contributed by atoms with Crippen molar-refractivity contribution in [3.8, 4) is 0 Å². The first kappa shape index (κ1) is 8.83. The van der Waals surface area contributed by atoms with Crippen LogP contribution >= 0.6 is 0 Å². The Morgan fingerprint density at radius 1 is 1.56 bits per heavy atom. The molecule has 0 aliphatic heterocycles. The van der Waals surface area contributed by atoms with Gasteiger partial charge in [0.25, 0.3) is 15.1 Å². The van der Waals surface area contributed by atoms with E-state index in [1.165, 1.54) is 6.92 Å². The maximum atomic E-state index is 10.2. The van der Waals surface area contributed by atoms with Crippen LogP contribution in [0.2, 0.25) is 0 Å². The monoisotopic (exact) mass is 155 g/mol. The molecule has 9 heavy (non-hydrogen) atoms.